The average molecular weight is 254 g/mol. The van der Waals surface area contributed by atoms with Crippen LogP contribution in [0, 0.1) is 0 Å². The molecule has 0 bridgehead atoms. The Kier molecular flexibility index (Phi) is 853. The normalized spacial score (nSPS) is 2.40. The Hall–Kier alpha value is 0.476. The second-order valence-corrected chi connectivity index (χ2v) is 0. The first-order valence-corrected chi connectivity index (χ1v) is 0.333. The van der Waals surface area contributed by atoms with Crippen LogP contribution in [-0.2, 0) is 19.8 Å². The molecule has 0 radical (unpaired) electrons. The van der Waals surface area contributed by atoms with Crippen LogP contribution in [0.3, 0.4) is 0 Å². The van der Waals surface area contributed by atoms with Gasteiger partial charge < -0.3 is 21.0 Å². The van der Waals surface area contributed by atoms with Gasteiger partial charge in [-0.25, -0.2) is 0 Å². The number of rotatable bonds is 0. The second kappa shape index (κ2) is 238. The largest absolute Gasteiger partial charge is 4.00 e. The van der Waals surface area contributed by atoms with E-state index < -0.39 is 0 Å². The molecule has 0 aliphatic heterocycles. The predicted octanol–water partition coefficient (Wildman–Crippen LogP) is -4.76. The van der Waals surface area contributed by atoms with Crippen LogP contribution in [-0.4, -0.2) is 0 Å². The van der Waals surface area contributed by atoms with E-state index in [2.05, 4.69) is 0 Å². The van der Waals surface area contributed by atoms with Gasteiger partial charge in [0.05, 0.1) is 0 Å². The van der Waals surface area contributed by atoms with E-state index in [1.807, 2.05) is 0 Å². The molecule has 5 heteroatoms. The molecule has 0 aromatic carbocycles. The van der Waals surface area contributed by atoms with Crippen molar-refractivity contribution in [3.05, 3.63) is 0 Å². The summed E-state index contributed by atoms with van der Waals surface area (Å²) >= 11 is 0. The quantitative estimate of drug-likeness (QED) is 0.320. The molecule has 4 nitrogen and oxygen atoms in total. The predicted molar refractivity (Wildman–Crippen MR) is 0 cm³/mol. The minimum absolute atomic E-state index is 0. The molecule has 0 spiro atoms. The maximum atomic E-state index is 7.00. The van der Waals surface area contributed by atoms with E-state index in [1.165, 1.54) is 0 Å². The summed E-state index contributed by atoms with van der Waals surface area (Å²) in [6.45, 7) is 0. The summed E-state index contributed by atoms with van der Waals surface area (Å²) in [5.74, 6) is 0. The van der Waals surface area contributed by atoms with E-state index >= 15 is 0 Å². The van der Waals surface area contributed by atoms with Gasteiger partial charge in [-0.3, -0.25) is 0 Å². The Morgan fingerprint density at radius 1 is 0.600 bits per heavy atom. The van der Waals surface area contributed by atoms with Gasteiger partial charge in [-0.05, 0) is 0 Å². The summed E-state index contributed by atoms with van der Waals surface area (Å²) in [5.41, 5.74) is 0. The van der Waals surface area contributed by atoms with Gasteiger partial charge in [0.15, 0.2) is 0 Å². The summed E-state index contributed by atoms with van der Waals surface area (Å²) < 4.78 is 0. The molecule has 0 aliphatic rings. The van der Waals surface area contributed by atoms with Crippen LogP contribution in [0.1, 0.15) is 0 Å². The molecule has 0 heterocycles. The number of hydrogen-bond acceptors (Lipinski definition) is 4. The zero-order valence-corrected chi connectivity index (χ0v) is 4.53. The SMILES string of the molecule is [O-][O-].[O-][O-].[Os+4]. The molecule has 0 rings (SSSR count). The van der Waals surface area contributed by atoms with E-state index in [0.29, 0.717) is 0 Å². The van der Waals surface area contributed by atoms with Crippen LogP contribution < -0.4 is 21.0 Å². The van der Waals surface area contributed by atoms with Gasteiger partial charge in [-0.1, -0.05) is 0 Å². The van der Waals surface area contributed by atoms with Crippen molar-refractivity contribution in [2.24, 2.45) is 0 Å². The van der Waals surface area contributed by atoms with Crippen molar-refractivity contribution in [2.45, 2.75) is 0 Å². The van der Waals surface area contributed by atoms with E-state index in [0.717, 1.165) is 0 Å². The van der Waals surface area contributed by atoms with Gasteiger partial charge in [0.2, 0.25) is 0 Å². The zero-order valence-electron chi connectivity index (χ0n) is 1.99. The topological polar surface area (TPSA) is 92.2 Å². The summed E-state index contributed by atoms with van der Waals surface area (Å²) in [6, 6.07) is 0. The van der Waals surface area contributed by atoms with Crippen LogP contribution in [0.15, 0.2) is 0 Å². The first kappa shape index (κ1) is 17.9. The first-order chi connectivity index (χ1) is 2.00. The van der Waals surface area contributed by atoms with Crippen molar-refractivity contribution in [3.8, 4) is 0 Å². The van der Waals surface area contributed by atoms with Crippen molar-refractivity contribution >= 4 is 0 Å². The molecule has 0 saturated heterocycles. The molecule has 0 atom stereocenters. The van der Waals surface area contributed by atoms with Crippen molar-refractivity contribution < 1.29 is 40.8 Å². The van der Waals surface area contributed by atoms with Crippen LogP contribution >= 0.6 is 0 Å². The molecule has 0 aromatic rings. The van der Waals surface area contributed by atoms with E-state index in [-0.39, 0.29) is 19.8 Å². The monoisotopic (exact) mass is 256 g/mol. The van der Waals surface area contributed by atoms with Crippen molar-refractivity contribution in [3.63, 3.8) is 0 Å². The second-order valence-electron chi connectivity index (χ2n) is 0. The summed E-state index contributed by atoms with van der Waals surface area (Å²) in [5, 5.41) is 28.0. The smallest absolute Gasteiger partial charge is 1.00 e. The van der Waals surface area contributed by atoms with Gasteiger partial charge in [-0.15, -0.1) is 0 Å². The van der Waals surface area contributed by atoms with Crippen molar-refractivity contribution in [1.29, 1.82) is 0 Å². The van der Waals surface area contributed by atoms with Gasteiger partial charge in [0.25, 0.3) is 0 Å². The Bertz CT molecular complexity index is 3.61. The van der Waals surface area contributed by atoms with Gasteiger partial charge in [-0.2, -0.15) is 0 Å². The molecule has 0 saturated carbocycles. The van der Waals surface area contributed by atoms with Crippen molar-refractivity contribution in [1.82, 2.24) is 0 Å². The molecule has 0 N–H and O–H groups in total. The molecule has 32 valence electrons. The summed E-state index contributed by atoms with van der Waals surface area (Å²) in [7, 11) is 0. The van der Waals surface area contributed by atoms with E-state index in [1.54, 1.807) is 0 Å². The minimum atomic E-state index is 0. The Balaban J connectivity index is -0.0000000133. The average Bonchev–Trinajstić information content (AvgIpc) is 1.50. The third-order valence-corrected chi connectivity index (χ3v) is 0. The molecule has 5 heavy (non-hydrogen) atoms. The maximum Gasteiger partial charge on any atom is 4.00 e. The summed E-state index contributed by atoms with van der Waals surface area (Å²) in [4.78, 5) is 0. The molecule has 0 aliphatic carbocycles. The van der Waals surface area contributed by atoms with Gasteiger partial charge in [0, 0.05) is 0 Å². The zero-order chi connectivity index (χ0) is 4.00. The van der Waals surface area contributed by atoms with E-state index in [4.69, 9.17) is 21.0 Å². The standard InChI is InChI=1S/2O2.Os/c2*1-2;/q2*-2;+4. The van der Waals surface area contributed by atoms with Gasteiger partial charge in [0.1, 0.15) is 0 Å². The fraction of sp³-hybridized carbons (Fsp3) is 0. The molecular weight excluding hydrogens is 254 g/mol. The van der Waals surface area contributed by atoms with Crippen LogP contribution in [0.25, 0.3) is 0 Å². The van der Waals surface area contributed by atoms with Gasteiger partial charge >= 0.3 is 19.8 Å². The number of hydrogen-bond donors (Lipinski definition) is 0. The fourth-order valence-corrected chi connectivity index (χ4v) is 0. The van der Waals surface area contributed by atoms with E-state index in [9.17, 15) is 0 Å². The molecular formula is O4Os. The third-order valence-electron chi connectivity index (χ3n) is 0. The molecule has 0 unspecified atom stereocenters. The van der Waals surface area contributed by atoms with Crippen LogP contribution in [0.5, 0.6) is 0 Å². The molecule has 0 fully saturated rings. The Morgan fingerprint density at radius 2 is 0.600 bits per heavy atom. The molecule has 0 amide bonds. The third kappa shape index (κ3) is 121. The molecule has 0 aromatic heterocycles. The van der Waals surface area contributed by atoms with Crippen LogP contribution in [0.4, 0.5) is 0 Å². The van der Waals surface area contributed by atoms with Crippen molar-refractivity contribution in [2.75, 3.05) is 0 Å². The first-order valence-electron chi connectivity index (χ1n) is 0.333. The maximum absolute atomic E-state index is 7.00. The Morgan fingerprint density at radius 3 is 0.600 bits per heavy atom. The summed E-state index contributed by atoms with van der Waals surface area (Å²) in [6.07, 6.45) is 0. The van der Waals surface area contributed by atoms with Crippen LogP contribution in [0.2, 0.25) is 0 Å². The minimum Gasteiger partial charge on any atom is -1.00 e. The fourth-order valence-electron chi connectivity index (χ4n) is 0. The Labute approximate surface area is 41.6 Å².